The van der Waals surface area contributed by atoms with E-state index in [9.17, 15) is 15.0 Å². The first kappa shape index (κ1) is 15.3. The normalized spacial score (nSPS) is 13.8. The summed E-state index contributed by atoms with van der Waals surface area (Å²) in [5.74, 6) is -0.758. The molecule has 0 aliphatic carbocycles. The van der Waals surface area contributed by atoms with Crippen LogP contribution >= 0.6 is 0 Å². The quantitative estimate of drug-likeness (QED) is 0.460. The number of amides is 1. The molecule has 1 aromatic rings. The third-order valence-corrected chi connectivity index (χ3v) is 2.69. The van der Waals surface area contributed by atoms with Crippen LogP contribution in [0, 0.1) is 0 Å². The smallest absolute Gasteiger partial charge is 0.237 e. The molecule has 1 rings (SSSR count). The first-order valence-corrected chi connectivity index (χ1v) is 6.12. The van der Waals surface area contributed by atoms with Crippen LogP contribution in [0.2, 0.25) is 0 Å². The summed E-state index contributed by atoms with van der Waals surface area (Å²) < 4.78 is 0. The summed E-state index contributed by atoms with van der Waals surface area (Å²) >= 11 is 0. The zero-order valence-electron chi connectivity index (χ0n) is 10.8. The number of phenolic OH excluding ortho intramolecular Hbond substituents is 2. The second-order valence-electron chi connectivity index (χ2n) is 4.56. The van der Waals surface area contributed by atoms with Gasteiger partial charge >= 0.3 is 0 Å². The number of phenols is 2. The van der Waals surface area contributed by atoms with Gasteiger partial charge in [0.2, 0.25) is 5.91 Å². The van der Waals surface area contributed by atoms with Crippen molar-refractivity contribution in [3.63, 3.8) is 0 Å². The predicted molar refractivity (Wildman–Crippen MR) is 70.8 cm³/mol. The Balaban J connectivity index is 2.47. The van der Waals surface area contributed by atoms with Crippen molar-refractivity contribution >= 4 is 5.91 Å². The minimum absolute atomic E-state index is 0.210. The fourth-order valence-corrected chi connectivity index (χ4v) is 1.58. The maximum Gasteiger partial charge on any atom is 0.237 e. The molecule has 1 unspecified atom stereocenters. The second kappa shape index (κ2) is 6.96. The maximum atomic E-state index is 11.7. The molecule has 6 heteroatoms. The van der Waals surface area contributed by atoms with Gasteiger partial charge in [0.05, 0.1) is 12.1 Å². The number of hydrogen-bond acceptors (Lipinski definition) is 5. The van der Waals surface area contributed by atoms with Crippen molar-refractivity contribution in [1.29, 1.82) is 0 Å². The van der Waals surface area contributed by atoms with E-state index in [0.29, 0.717) is 18.5 Å². The summed E-state index contributed by atoms with van der Waals surface area (Å²) in [6.45, 7) is 2.01. The number of rotatable bonds is 6. The third-order valence-electron chi connectivity index (χ3n) is 2.69. The van der Waals surface area contributed by atoms with Crippen LogP contribution in [0.15, 0.2) is 18.2 Å². The van der Waals surface area contributed by atoms with Gasteiger partial charge in [-0.3, -0.25) is 4.79 Å². The third kappa shape index (κ3) is 5.15. The van der Waals surface area contributed by atoms with E-state index >= 15 is 0 Å². The molecule has 0 bridgehead atoms. The lowest BCUT2D eigenvalue weighted by Crippen LogP contribution is -2.42. The van der Waals surface area contributed by atoms with E-state index in [4.69, 9.17) is 10.8 Å². The average molecular weight is 268 g/mol. The van der Waals surface area contributed by atoms with E-state index in [1.54, 1.807) is 13.0 Å². The zero-order chi connectivity index (χ0) is 14.4. The van der Waals surface area contributed by atoms with Crippen molar-refractivity contribution in [2.24, 2.45) is 5.73 Å². The van der Waals surface area contributed by atoms with E-state index < -0.39 is 12.1 Å². The van der Waals surface area contributed by atoms with Gasteiger partial charge in [0.1, 0.15) is 0 Å². The first-order chi connectivity index (χ1) is 8.90. The average Bonchev–Trinajstić information content (AvgIpc) is 2.33. The Labute approximate surface area is 111 Å². The van der Waals surface area contributed by atoms with Crippen LogP contribution in [-0.4, -0.2) is 39.9 Å². The van der Waals surface area contributed by atoms with E-state index in [1.165, 1.54) is 12.1 Å². The summed E-state index contributed by atoms with van der Waals surface area (Å²) in [5.41, 5.74) is 6.40. The number of aliphatic hydroxyl groups is 1. The van der Waals surface area contributed by atoms with E-state index in [1.807, 2.05) is 0 Å². The van der Waals surface area contributed by atoms with Crippen LogP contribution in [0.4, 0.5) is 0 Å². The zero-order valence-corrected chi connectivity index (χ0v) is 10.8. The second-order valence-corrected chi connectivity index (χ2v) is 4.56. The SMILES string of the molecule is CC(O)CCNC(=O)[C@@H](N)Cc1ccc(O)c(O)c1. The number of aromatic hydroxyl groups is 2. The van der Waals surface area contributed by atoms with Crippen molar-refractivity contribution in [2.45, 2.75) is 31.9 Å². The maximum absolute atomic E-state index is 11.7. The number of nitrogens with one attached hydrogen (secondary N) is 1. The van der Waals surface area contributed by atoms with Crippen molar-refractivity contribution in [3.05, 3.63) is 23.8 Å². The van der Waals surface area contributed by atoms with Crippen molar-refractivity contribution in [1.82, 2.24) is 5.32 Å². The lowest BCUT2D eigenvalue weighted by atomic mass is 10.1. The Morgan fingerprint density at radius 2 is 2.05 bits per heavy atom. The van der Waals surface area contributed by atoms with Crippen LogP contribution in [0.3, 0.4) is 0 Å². The van der Waals surface area contributed by atoms with Gasteiger partial charge in [-0.1, -0.05) is 6.07 Å². The van der Waals surface area contributed by atoms with Gasteiger partial charge in [0.25, 0.3) is 0 Å². The molecule has 0 saturated heterocycles. The molecule has 6 N–H and O–H groups in total. The summed E-state index contributed by atoms with van der Waals surface area (Å²) in [6.07, 6.45) is 0.262. The summed E-state index contributed by atoms with van der Waals surface area (Å²) in [5, 5.41) is 30.2. The van der Waals surface area contributed by atoms with Gasteiger partial charge in [-0.2, -0.15) is 0 Å². The standard InChI is InChI=1S/C13H20N2O4/c1-8(16)4-5-15-13(19)10(14)6-9-2-3-11(17)12(18)7-9/h2-3,7-8,10,16-18H,4-6,14H2,1H3,(H,15,19)/t8?,10-/m0/s1. The minimum atomic E-state index is -0.738. The molecule has 0 aliphatic rings. The molecule has 2 atom stereocenters. The molecule has 0 radical (unpaired) electrons. The number of carbonyl (C=O) groups is 1. The number of aliphatic hydroxyl groups excluding tert-OH is 1. The van der Waals surface area contributed by atoms with Gasteiger partial charge in [0, 0.05) is 6.54 Å². The molecule has 1 aromatic carbocycles. The molecule has 0 fully saturated rings. The molecule has 19 heavy (non-hydrogen) atoms. The molecular formula is C13H20N2O4. The van der Waals surface area contributed by atoms with Gasteiger partial charge in [-0.25, -0.2) is 0 Å². The molecule has 0 aromatic heterocycles. The van der Waals surface area contributed by atoms with Crippen molar-refractivity contribution in [3.8, 4) is 11.5 Å². The Morgan fingerprint density at radius 1 is 1.37 bits per heavy atom. The first-order valence-electron chi connectivity index (χ1n) is 6.12. The van der Waals surface area contributed by atoms with Crippen molar-refractivity contribution in [2.75, 3.05) is 6.54 Å². The topological polar surface area (TPSA) is 116 Å². The highest BCUT2D eigenvalue weighted by Crippen LogP contribution is 2.25. The van der Waals surface area contributed by atoms with Crippen LogP contribution in [0.5, 0.6) is 11.5 Å². The van der Waals surface area contributed by atoms with E-state index in [-0.39, 0.29) is 23.8 Å². The van der Waals surface area contributed by atoms with Gasteiger partial charge in [0.15, 0.2) is 11.5 Å². The van der Waals surface area contributed by atoms with Gasteiger partial charge < -0.3 is 26.4 Å². The van der Waals surface area contributed by atoms with E-state index in [2.05, 4.69) is 5.32 Å². The van der Waals surface area contributed by atoms with Crippen LogP contribution < -0.4 is 11.1 Å². The van der Waals surface area contributed by atoms with Gasteiger partial charge in [-0.05, 0) is 37.5 Å². The molecule has 0 saturated carbocycles. The summed E-state index contributed by atoms with van der Waals surface area (Å²) in [4.78, 5) is 11.7. The molecule has 0 spiro atoms. The summed E-state index contributed by atoms with van der Waals surface area (Å²) in [7, 11) is 0. The number of carbonyl (C=O) groups excluding carboxylic acids is 1. The Bertz CT molecular complexity index is 435. The lowest BCUT2D eigenvalue weighted by molar-refractivity contribution is -0.122. The fraction of sp³-hybridized carbons (Fsp3) is 0.462. The molecule has 106 valence electrons. The van der Waals surface area contributed by atoms with Crippen LogP contribution in [-0.2, 0) is 11.2 Å². The fourth-order valence-electron chi connectivity index (χ4n) is 1.58. The molecule has 1 amide bonds. The molecule has 0 heterocycles. The minimum Gasteiger partial charge on any atom is -0.504 e. The van der Waals surface area contributed by atoms with E-state index in [0.717, 1.165) is 0 Å². The Kier molecular flexibility index (Phi) is 5.59. The summed E-state index contributed by atoms with van der Waals surface area (Å²) in [6, 6.07) is 3.58. The van der Waals surface area contributed by atoms with Crippen LogP contribution in [0.1, 0.15) is 18.9 Å². The highest BCUT2D eigenvalue weighted by atomic mass is 16.3. The number of hydrogen-bond donors (Lipinski definition) is 5. The monoisotopic (exact) mass is 268 g/mol. The highest BCUT2D eigenvalue weighted by molar-refractivity contribution is 5.81. The van der Waals surface area contributed by atoms with Gasteiger partial charge in [-0.15, -0.1) is 0 Å². The number of nitrogens with two attached hydrogens (primary N) is 1. The van der Waals surface area contributed by atoms with Crippen LogP contribution in [0.25, 0.3) is 0 Å². The Morgan fingerprint density at radius 3 is 2.63 bits per heavy atom. The highest BCUT2D eigenvalue weighted by Gasteiger charge is 2.14. The van der Waals surface area contributed by atoms with Crippen molar-refractivity contribution < 1.29 is 20.1 Å². The predicted octanol–water partition coefficient (Wildman–Crippen LogP) is -0.145. The largest absolute Gasteiger partial charge is 0.504 e. The lowest BCUT2D eigenvalue weighted by Gasteiger charge is -2.13. The molecule has 0 aliphatic heterocycles. The molecule has 6 nitrogen and oxygen atoms in total. The number of benzene rings is 1. The molecular weight excluding hydrogens is 248 g/mol. The Hall–Kier alpha value is -1.79.